The van der Waals surface area contributed by atoms with Gasteiger partial charge in [-0.2, -0.15) is 5.06 Å². The highest BCUT2D eigenvalue weighted by atomic mass is 16.7. The topological polar surface area (TPSA) is 224 Å². The first-order valence-corrected chi connectivity index (χ1v) is 11.9. The monoisotopic (exact) mass is 569 g/mol. The molecule has 1 atom stereocenters. The van der Waals surface area contributed by atoms with Crippen molar-refractivity contribution in [1.29, 1.82) is 5.41 Å². The summed E-state index contributed by atoms with van der Waals surface area (Å²) in [6.45, 7) is 2.69. The highest BCUT2D eigenvalue weighted by Gasteiger charge is 2.36. The molecule has 0 aromatic heterocycles. The number of nitrogens with zero attached hydrogens (tertiary/aromatic N) is 1. The van der Waals surface area contributed by atoms with Crippen molar-refractivity contribution in [1.82, 2.24) is 5.06 Å². The molecule has 0 bridgehead atoms. The number of amidine groups is 1. The van der Waals surface area contributed by atoms with Crippen LogP contribution in [-0.2, 0) is 33.5 Å². The molecule has 0 heterocycles. The number of nitrogens with two attached hydrogens (primary N) is 1. The van der Waals surface area contributed by atoms with Crippen LogP contribution < -0.4 is 10.5 Å². The van der Waals surface area contributed by atoms with Crippen LogP contribution in [0.25, 0.3) is 6.08 Å². The van der Waals surface area contributed by atoms with Crippen LogP contribution in [0.15, 0.2) is 54.1 Å². The van der Waals surface area contributed by atoms with Crippen LogP contribution in [0.5, 0.6) is 5.75 Å². The van der Waals surface area contributed by atoms with E-state index in [-0.39, 0.29) is 34.4 Å². The molecule has 0 fully saturated rings. The molecule has 0 spiro atoms. The van der Waals surface area contributed by atoms with Crippen molar-refractivity contribution >= 4 is 47.7 Å². The minimum absolute atomic E-state index is 0.0368. The summed E-state index contributed by atoms with van der Waals surface area (Å²) >= 11 is 0. The Kier molecular flexibility index (Phi) is 11.3. The van der Waals surface area contributed by atoms with Crippen LogP contribution in [0.1, 0.15) is 48.2 Å². The molecule has 1 amide bonds. The largest absolute Gasteiger partial charge is 0.481 e. The minimum Gasteiger partial charge on any atom is -0.481 e. The predicted molar refractivity (Wildman–Crippen MR) is 140 cm³/mol. The molecule has 41 heavy (non-hydrogen) atoms. The summed E-state index contributed by atoms with van der Waals surface area (Å²) < 4.78 is 9.91. The van der Waals surface area contributed by atoms with Gasteiger partial charge in [0, 0.05) is 11.1 Å². The molecule has 2 aromatic carbocycles. The number of carboxylic acid groups (broad SMARTS) is 2. The number of benzene rings is 2. The van der Waals surface area contributed by atoms with Gasteiger partial charge in [-0.3, -0.25) is 19.8 Å². The quantitative estimate of drug-likeness (QED) is 0.0546. The summed E-state index contributed by atoms with van der Waals surface area (Å²) in [7, 11) is 0. The SMILES string of the molecule is CCOC(=O)CC(=O)N(OC(=O)C(C)=Cc1ccc(C(=O)Oc2ccc(C(=N)N)cc2)cc1)C(CC(=O)O)C(=O)O. The van der Waals surface area contributed by atoms with Crippen LogP contribution in [-0.4, -0.2) is 69.5 Å². The summed E-state index contributed by atoms with van der Waals surface area (Å²) in [5, 5.41) is 25.9. The predicted octanol–water partition coefficient (Wildman–Crippen LogP) is 1.76. The minimum atomic E-state index is -2.12. The summed E-state index contributed by atoms with van der Waals surface area (Å²) in [4.78, 5) is 77.1. The number of aliphatic carboxylic acids is 2. The van der Waals surface area contributed by atoms with E-state index in [2.05, 4.69) is 4.74 Å². The molecule has 5 N–H and O–H groups in total. The van der Waals surface area contributed by atoms with Crippen molar-refractivity contribution < 1.29 is 53.3 Å². The van der Waals surface area contributed by atoms with Crippen LogP contribution in [0.3, 0.4) is 0 Å². The first-order chi connectivity index (χ1) is 19.3. The molecule has 216 valence electrons. The van der Waals surface area contributed by atoms with E-state index >= 15 is 0 Å². The van der Waals surface area contributed by atoms with Gasteiger partial charge in [-0.05, 0) is 61.9 Å². The molecule has 0 aliphatic carbocycles. The lowest BCUT2D eigenvalue weighted by Crippen LogP contribution is -2.48. The lowest BCUT2D eigenvalue weighted by molar-refractivity contribution is -0.210. The second kappa shape index (κ2) is 14.6. The molecule has 1 unspecified atom stereocenters. The maximum absolute atomic E-state index is 12.7. The lowest BCUT2D eigenvalue weighted by Gasteiger charge is -2.26. The van der Waals surface area contributed by atoms with Gasteiger partial charge in [-0.15, -0.1) is 0 Å². The van der Waals surface area contributed by atoms with Crippen LogP contribution in [0.4, 0.5) is 0 Å². The Bertz CT molecular complexity index is 1370. The highest BCUT2D eigenvalue weighted by molar-refractivity contribution is 5.99. The van der Waals surface area contributed by atoms with Gasteiger partial charge >= 0.3 is 29.8 Å². The smallest absolute Gasteiger partial charge is 0.359 e. The van der Waals surface area contributed by atoms with Crippen LogP contribution in [0, 0.1) is 5.41 Å². The third-order valence-electron chi connectivity index (χ3n) is 5.19. The van der Waals surface area contributed by atoms with Crippen molar-refractivity contribution in [3.05, 3.63) is 70.8 Å². The average Bonchev–Trinajstić information content (AvgIpc) is 2.90. The molecule has 0 aliphatic rings. The Labute approximate surface area is 233 Å². The van der Waals surface area contributed by atoms with Crippen molar-refractivity contribution in [3.8, 4) is 5.75 Å². The molecule has 0 saturated carbocycles. The molecule has 0 radical (unpaired) electrons. The van der Waals surface area contributed by atoms with Gasteiger partial charge in [0.15, 0.2) is 6.04 Å². The zero-order chi connectivity index (χ0) is 30.7. The second-order valence-electron chi connectivity index (χ2n) is 8.31. The van der Waals surface area contributed by atoms with Crippen molar-refractivity contribution in [3.63, 3.8) is 0 Å². The number of ether oxygens (including phenoxy) is 2. The van der Waals surface area contributed by atoms with Crippen molar-refractivity contribution in [2.24, 2.45) is 5.73 Å². The number of carbonyl (C=O) groups excluding carboxylic acids is 4. The van der Waals surface area contributed by atoms with E-state index in [1.54, 1.807) is 0 Å². The van der Waals surface area contributed by atoms with E-state index in [0.29, 0.717) is 11.1 Å². The molecule has 0 aliphatic heterocycles. The van der Waals surface area contributed by atoms with E-state index in [1.165, 1.54) is 68.5 Å². The van der Waals surface area contributed by atoms with Crippen LogP contribution in [0.2, 0.25) is 0 Å². The lowest BCUT2D eigenvalue weighted by atomic mass is 10.1. The van der Waals surface area contributed by atoms with E-state index in [9.17, 15) is 33.9 Å². The summed E-state index contributed by atoms with van der Waals surface area (Å²) in [5.74, 6) is -7.49. The van der Waals surface area contributed by atoms with E-state index in [1.807, 2.05) is 0 Å². The third kappa shape index (κ3) is 9.62. The first-order valence-electron chi connectivity index (χ1n) is 11.9. The number of hydrogen-bond acceptors (Lipinski definition) is 10. The maximum atomic E-state index is 12.7. The van der Waals surface area contributed by atoms with E-state index in [4.69, 9.17) is 25.8 Å². The fraction of sp³-hybridized carbons (Fsp3) is 0.222. The Morgan fingerprint density at radius 1 is 0.976 bits per heavy atom. The van der Waals surface area contributed by atoms with Crippen LogP contribution >= 0.6 is 0 Å². The summed E-state index contributed by atoms with van der Waals surface area (Å²) in [5.41, 5.74) is 6.31. The molecular formula is C27H27N3O11. The number of hydroxylamine groups is 2. The highest BCUT2D eigenvalue weighted by Crippen LogP contribution is 2.17. The third-order valence-corrected chi connectivity index (χ3v) is 5.19. The summed E-state index contributed by atoms with van der Waals surface area (Å²) in [6, 6.07) is 9.66. The number of amides is 1. The first kappa shape index (κ1) is 31.7. The molecule has 14 nitrogen and oxygen atoms in total. The number of nitrogen functional groups attached to an aromatic ring is 1. The number of carboxylic acids is 2. The standard InChI is InChI=1S/C27H27N3O11/c1-3-39-23(34)14-21(31)30(20(25(35)36)13-22(32)33)41-26(37)15(2)12-16-4-6-18(7-5-16)27(38)40-19-10-8-17(9-11-19)24(28)29/h4-12,20H,3,13-14H2,1-2H3,(H3,28,29)(H,32,33)(H,35,36). The maximum Gasteiger partial charge on any atom is 0.359 e. The van der Waals surface area contributed by atoms with Crippen molar-refractivity contribution in [2.75, 3.05) is 6.61 Å². The van der Waals surface area contributed by atoms with E-state index < -0.39 is 54.6 Å². The molecule has 14 heteroatoms. The average molecular weight is 570 g/mol. The van der Waals surface area contributed by atoms with Gasteiger partial charge in [0.2, 0.25) is 0 Å². The van der Waals surface area contributed by atoms with Gasteiger partial charge in [0.1, 0.15) is 18.0 Å². The Morgan fingerprint density at radius 2 is 1.56 bits per heavy atom. The zero-order valence-corrected chi connectivity index (χ0v) is 22.0. The number of rotatable bonds is 12. The summed E-state index contributed by atoms with van der Waals surface area (Å²) in [6.07, 6.45) is -0.803. The fourth-order valence-corrected chi connectivity index (χ4v) is 3.19. The zero-order valence-electron chi connectivity index (χ0n) is 22.0. The number of nitrogens with one attached hydrogen (secondary N) is 1. The normalized spacial score (nSPS) is 11.5. The Morgan fingerprint density at radius 3 is 2.07 bits per heavy atom. The molecular weight excluding hydrogens is 542 g/mol. The number of carbonyl (C=O) groups is 6. The second-order valence-corrected chi connectivity index (χ2v) is 8.31. The van der Waals surface area contributed by atoms with Gasteiger partial charge < -0.3 is 30.3 Å². The molecule has 2 rings (SSSR count). The molecule has 2 aromatic rings. The van der Waals surface area contributed by atoms with Gasteiger partial charge in [-0.1, -0.05) is 12.1 Å². The van der Waals surface area contributed by atoms with Gasteiger partial charge in [-0.25, -0.2) is 14.4 Å². The Balaban J connectivity index is 2.17. The van der Waals surface area contributed by atoms with Gasteiger partial charge in [0.25, 0.3) is 5.91 Å². The number of hydrogen-bond donors (Lipinski definition) is 4. The van der Waals surface area contributed by atoms with Gasteiger partial charge in [0.05, 0.1) is 18.6 Å². The van der Waals surface area contributed by atoms with E-state index in [0.717, 1.165) is 0 Å². The number of esters is 2. The fourth-order valence-electron chi connectivity index (χ4n) is 3.19. The molecule has 0 saturated heterocycles. The Hall–Kier alpha value is -5.53. The van der Waals surface area contributed by atoms with Crippen molar-refractivity contribution in [2.45, 2.75) is 32.7 Å².